The zero-order chi connectivity index (χ0) is 18.5. The van der Waals surface area contributed by atoms with Crippen molar-refractivity contribution in [2.75, 3.05) is 18.0 Å². The Morgan fingerprint density at radius 1 is 1.32 bits per heavy atom. The maximum atomic E-state index is 15.6. The molecule has 0 spiro atoms. The van der Waals surface area contributed by atoms with Crippen LogP contribution in [0.25, 0.3) is 5.65 Å². The van der Waals surface area contributed by atoms with Crippen molar-refractivity contribution in [3.05, 3.63) is 24.5 Å². The van der Waals surface area contributed by atoms with Crippen molar-refractivity contribution in [3.63, 3.8) is 0 Å². The highest BCUT2D eigenvalue weighted by Gasteiger charge is 2.48. The van der Waals surface area contributed by atoms with E-state index >= 15 is 4.39 Å². The minimum absolute atomic E-state index is 0.0733. The standard InChI is InChI=1S/C18H29FN4OSi/c1-14(24-25(5,6)17(2,3)4)18(19)9-11-22(13-18)16-8-7-15-20-10-12-23(15)21-16/h7-8,10,12,14H,9,11,13H2,1-6H3. The Labute approximate surface area is 150 Å². The van der Waals surface area contributed by atoms with Gasteiger partial charge in [0.1, 0.15) is 5.82 Å². The Kier molecular flexibility index (Phi) is 4.44. The highest BCUT2D eigenvalue weighted by atomic mass is 28.4. The topological polar surface area (TPSA) is 42.7 Å². The minimum Gasteiger partial charge on any atom is -0.411 e. The summed E-state index contributed by atoms with van der Waals surface area (Å²) in [5, 5.41) is 4.61. The normalized spacial score (nSPS) is 23.4. The number of rotatable bonds is 4. The van der Waals surface area contributed by atoms with Gasteiger partial charge in [0.15, 0.2) is 19.6 Å². The summed E-state index contributed by atoms with van der Waals surface area (Å²) in [4.78, 5) is 6.20. The van der Waals surface area contributed by atoms with Crippen LogP contribution in [0.15, 0.2) is 24.5 Å². The molecule has 1 fully saturated rings. The Balaban J connectivity index is 1.73. The number of halogens is 1. The third-order valence-corrected chi connectivity index (χ3v) is 10.4. The van der Waals surface area contributed by atoms with Gasteiger partial charge in [-0.1, -0.05) is 20.8 Å². The summed E-state index contributed by atoms with van der Waals surface area (Å²) in [6.45, 7) is 13.7. The van der Waals surface area contributed by atoms with E-state index in [4.69, 9.17) is 4.43 Å². The zero-order valence-electron chi connectivity index (χ0n) is 16.1. The van der Waals surface area contributed by atoms with Gasteiger partial charge in [0.25, 0.3) is 0 Å². The molecule has 2 aromatic heterocycles. The van der Waals surface area contributed by atoms with E-state index in [2.05, 4.69) is 43.9 Å². The number of hydrogen-bond acceptors (Lipinski definition) is 4. The van der Waals surface area contributed by atoms with Gasteiger partial charge in [0, 0.05) is 25.4 Å². The first-order valence-electron chi connectivity index (χ1n) is 8.94. The fraction of sp³-hybridized carbons (Fsp3) is 0.667. The molecule has 0 N–H and O–H groups in total. The van der Waals surface area contributed by atoms with E-state index in [1.807, 2.05) is 24.0 Å². The fourth-order valence-electron chi connectivity index (χ4n) is 3.02. The molecule has 0 amide bonds. The lowest BCUT2D eigenvalue weighted by molar-refractivity contribution is 0.0273. The van der Waals surface area contributed by atoms with Crippen molar-refractivity contribution < 1.29 is 8.82 Å². The second-order valence-corrected chi connectivity index (χ2v) is 13.4. The van der Waals surface area contributed by atoms with Crippen molar-refractivity contribution >= 4 is 19.8 Å². The largest absolute Gasteiger partial charge is 0.411 e. The smallest absolute Gasteiger partial charge is 0.192 e. The summed E-state index contributed by atoms with van der Waals surface area (Å²) in [6, 6.07) is 3.82. The Morgan fingerprint density at radius 3 is 2.72 bits per heavy atom. The van der Waals surface area contributed by atoms with Crippen LogP contribution in [0.4, 0.5) is 10.2 Å². The average molecular weight is 365 g/mol. The minimum atomic E-state index is -2.00. The van der Waals surface area contributed by atoms with E-state index in [0.29, 0.717) is 19.5 Å². The Morgan fingerprint density at radius 2 is 2.04 bits per heavy atom. The molecule has 25 heavy (non-hydrogen) atoms. The molecule has 0 radical (unpaired) electrons. The number of aromatic nitrogens is 3. The summed E-state index contributed by atoms with van der Waals surface area (Å²) in [5.41, 5.74) is -0.551. The maximum Gasteiger partial charge on any atom is 0.192 e. The van der Waals surface area contributed by atoms with Crippen molar-refractivity contribution in [2.24, 2.45) is 0 Å². The third-order valence-electron chi connectivity index (χ3n) is 5.82. The van der Waals surface area contributed by atoms with E-state index < -0.39 is 20.1 Å². The molecule has 3 rings (SSSR count). The van der Waals surface area contributed by atoms with Crippen LogP contribution in [0.5, 0.6) is 0 Å². The molecule has 1 saturated heterocycles. The lowest BCUT2D eigenvalue weighted by Gasteiger charge is -2.41. The third kappa shape index (κ3) is 3.44. The van der Waals surface area contributed by atoms with E-state index in [0.717, 1.165) is 11.5 Å². The van der Waals surface area contributed by atoms with E-state index in [9.17, 15) is 0 Å². The van der Waals surface area contributed by atoms with Crippen molar-refractivity contribution in [1.82, 2.24) is 14.6 Å². The molecule has 2 aromatic rings. The molecule has 2 atom stereocenters. The number of nitrogens with zero attached hydrogens (tertiary/aromatic N) is 4. The molecule has 0 saturated carbocycles. The van der Waals surface area contributed by atoms with Crippen LogP contribution in [-0.2, 0) is 4.43 Å². The lowest BCUT2D eigenvalue weighted by Crippen LogP contribution is -2.50. The second-order valence-electron chi connectivity index (χ2n) is 8.65. The summed E-state index contributed by atoms with van der Waals surface area (Å²) in [7, 11) is -2.00. The predicted molar refractivity (Wildman–Crippen MR) is 101 cm³/mol. The summed E-state index contributed by atoms with van der Waals surface area (Å²) in [5.74, 6) is 0.782. The average Bonchev–Trinajstić information content (AvgIpc) is 3.12. The first-order chi connectivity index (χ1) is 11.5. The highest BCUT2D eigenvalue weighted by molar-refractivity contribution is 6.74. The number of imidazole rings is 1. The lowest BCUT2D eigenvalue weighted by atomic mass is 10.00. The molecule has 1 aliphatic heterocycles. The first kappa shape index (κ1) is 18.3. The zero-order valence-corrected chi connectivity index (χ0v) is 17.1. The van der Waals surface area contributed by atoms with E-state index in [1.165, 1.54) is 0 Å². The van der Waals surface area contributed by atoms with Crippen LogP contribution in [0.2, 0.25) is 18.1 Å². The number of hydrogen-bond donors (Lipinski definition) is 0. The highest BCUT2D eigenvalue weighted by Crippen LogP contribution is 2.41. The van der Waals surface area contributed by atoms with Crippen molar-refractivity contribution in [2.45, 2.75) is 64.0 Å². The maximum absolute atomic E-state index is 15.6. The van der Waals surface area contributed by atoms with Crippen LogP contribution in [0.3, 0.4) is 0 Å². The molecule has 5 nitrogen and oxygen atoms in total. The first-order valence-corrected chi connectivity index (χ1v) is 11.8. The van der Waals surface area contributed by atoms with Gasteiger partial charge in [-0.3, -0.25) is 0 Å². The SMILES string of the molecule is CC(O[Si](C)(C)C(C)(C)C)C1(F)CCN(c2ccc3nccn3n2)C1. The molecule has 1 aliphatic rings. The van der Waals surface area contributed by atoms with Crippen LogP contribution in [-0.4, -0.2) is 47.8 Å². The monoisotopic (exact) mass is 364 g/mol. The summed E-state index contributed by atoms with van der Waals surface area (Å²) >= 11 is 0. The van der Waals surface area contributed by atoms with Crippen molar-refractivity contribution in [3.8, 4) is 0 Å². The van der Waals surface area contributed by atoms with Crippen LogP contribution >= 0.6 is 0 Å². The van der Waals surface area contributed by atoms with Gasteiger partial charge in [-0.2, -0.15) is 0 Å². The van der Waals surface area contributed by atoms with Gasteiger partial charge in [0.2, 0.25) is 0 Å². The molecule has 7 heteroatoms. The fourth-order valence-corrected chi connectivity index (χ4v) is 4.47. The second kappa shape index (κ2) is 6.05. The molecule has 138 valence electrons. The van der Waals surface area contributed by atoms with Gasteiger partial charge in [-0.05, 0) is 37.2 Å². The molecule has 0 aliphatic carbocycles. The number of fused-ring (bicyclic) bond motifs is 1. The quantitative estimate of drug-likeness (QED) is 0.768. The Hall–Kier alpha value is -1.47. The Bertz CT molecular complexity index is 757. The number of alkyl halides is 1. The molecular weight excluding hydrogens is 335 g/mol. The van der Waals surface area contributed by atoms with Gasteiger partial charge < -0.3 is 9.33 Å². The van der Waals surface area contributed by atoms with Crippen LogP contribution in [0, 0.1) is 0 Å². The summed E-state index contributed by atoms with van der Waals surface area (Å²) in [6.07, 6.45) is 3.56. The van der Waals surface area contributed by atoms with Gasteiger partial charge in [-0.15, -0.1) is 5.10 Å². The molecular formula is C18H29FN4OSi. The van der Waals surface area contributed by atoms with Gasteiger partial charge >= 0.3 is 0 Å². The predicted octanol–water partition coefficient (Wildman–Crippen LogP) is 4.06. The van der Waals surface area contributed by atoms with E-state index in [1.54, 1.807) is 16.9 Å². The molecule has 2 unspecified atom stereocenters. The molecule has 0 aromatic carbocycles. The summed E-state index contributed by atoms with van der Waals surface area (Å²) < 4.78 is 23.7. The van der Waals surface area contributed by atoms with Gasteiger partial charge in [0.05, 0.1) is 12.6 Å². The number of anilines is 1. The van der Waals surface area contributed by atoms with Gasteiger partial charge in [-0.25, -0.2) is 13.9 Å². The van der Waals surface area contributed by atoms with Crippen molar-refractivity contribution in [1.29, 1.82) is 0 Å². The van der Waals surface area contributed by atoms with E-state index in [-0.39, 0.29) is 5.04 Å². The van der Waals surface area contributed by atoms with Crippen LogP contribution in [0.1, 0.15) is 34.1 Å². The molecule has 3 heterocycles. The van der Waals surface area contributed by atoms with Crippen LogP contribution < -0.4 is 4.90 Å². The molecule has 0 bridgehead atoms.